The van der Waals surface area contributed by atoms with E-state index in [0.717, 1.165) is 27.1 Å². The average Bonchev–Trinajstić information content (AvgIpc) is 3.05. The van der Waals surface area contributed by atoms with Gasteiger partial charge in [0.05, 0.1) is 4.47 Å². The maximum absolute atomic E-state index is 12.2. The van der Waals surface area contributed by atoms with Gasteiger partial charge in [-0.15, -0.1) is 0 Å². The highest BCUT2D eigenvalue weighted by atomic mass is 79.9. The SMILES string of the molecule is Cc1ccc(O[C@H](C)C(=O)NCCc2ccc3c(c2)OCO3)c(Br)c1. The molecule has 1 atom stereocenters. The first-order valence-corrected chi connectivity index (χ1v) is 8.91. The monoisotopic (exact) mass is 405 g/mol. The van der Waals surface area contributed by atoms with Crippen molar-refractivity contribution < 1.29 is 19.0 Å². The number of amides is 1. The first-order chi connectivity index (χ1) is 12.0. The van der Waals surface area contributed by atoms with Crippen LogP contribution in [0, 0.1) is 6.92 Å². The van der Waals surface area contributed by atoms with Crippen molar-refractivity contribution in [3.05, 3.63) is 52.0 Å². The van der Waals surface area contributed by atoms with E-state index >= 15 is 0 Å². The van der Waals surface area contributed by atoms with Crippen LogP contribution in [0.5, 0.6) is 17.2 Å². The van der Waals surface area contributed by atoms with Gasteiger partial charge in [0, 0.05) is 6.54 Å². The lowest BCUT2D eigenvalue weighted by atomic mass is 10.1. The van der Waals surface area contributed by atoms with E-state index in [-0.39, 0.29) is 12.7 Å². The number of hydrogen-bond donors (Lipinski definition) is 1. The Morgan fingerprint density at radius 1 is 1.24 bits per heavy atom. The Labute approximate surface area is 155 Å². The zero-order chi connectivity index (χ0) is 17.8. The summed E-state index contributed by atoms with van der Waals surface area (Å²) in [5.41, 5.74) is 2.21. The van der Waals surface area contributed by atoms with Crippen molar-refractivity contribution in [3.8, 4) is 17.2 Å². The Bertz CT molecular complexity index is 778. The average molecular weight is 406 g/mol. The summed E-state index contributed by atoms with van der Waals surface area (Å²) >= 11 is 3.45. The lowest BCUT2D eigenvalue weighted by Crippen LogP contribution is -2.37. The normalized spacial score (nSPS) is 13.4. The van der Waals surface area contributed by atoms with Gasteiger partial charge >= 0.3 is 0 Å². The minimum absolute atomic E-state index is 0.145. The van der Waals surface area contributed by atoms with Crippen LogP contribution >= 0.6 is 15.9 Å². The third-order valence-corrected chi connectivity index (χ3v) is 4.53. The number of fused-ring (bicyclic) bond motifs is 1. The van der Waals surface area contributed by atoms with Gasteiger partial charge in [-0.25, -0.2) is 0 Å². The van der Waals surface area contributed by atoms with E-state index < -0.39 is 6.10 Å². The van der Waals surface area contributed by atoms with E-state index in [1.54, 1.807) is 6.92 Å². The Morgan fingerprint density at radius 3 is 2.84 bits per heavy atom. The zero-order valence-corrected chi connectivity index (χ0v) is 15.8. The number of rotatable bonds is 6. The van der Waals surface area contributed by atoms with Gasteiger partial charge in [0.15, 0.2) is 17.6 Å². The third-order valence-electron chi connectivity index (χ3n) is 3.91. The van der Waals surface area contributed by atoms with E-state index in [1.807, 2.05) is 43.3 Å². The van der Waals surface area contributed by atoms with Gasteiger partial charge in [0.1, 0.15) is 5.75 Å². The molecule has 0 saturated carbocycles. The highest BCUT2D eigenvalue weighted by Crippen LogP contribution is 2.32. The smallest absolute Gasteiger partial charge is 0.260 e. The molecule has 6 heteroatoms. The molecule has 5 nitrogen and oxygen atoms in total. The molecule has 2 aromatic carbocycles. The predicted octanol–water partition coefficient (Wildman–Crippen LogP) is 3.61. The molecule has 0 aliphatic carbocycles. The molecule has 1 N–H and O–H groups in total. The quantitative estimate of drug-likeness (QED) is 0.797. The van der Waals surface area contributed by atoms with Crippen LogP contribution in [0.15, 0.2) is 40.9 Å². The van der Waals surface area contributed by atoms with Gasteiger partial charge in [-0.1, -0.05) is 12.1 Å². The van der Waals surface area contributed by atoms with Crippen molar-refractivity contribution >= 4 is 21.8 Å². The molecule has 0 spiro atoms. The van der Waals surface area contributed by atoms with E-state index in [2.05, 4.69) is 21.2 Å². The fourth-order valence-corrected chi connectivity index (χ4v) is 3.10. The molecule has 3 rings (SSSR count). The van der Waals surface area contributed by atoms with Crippen LogP contribution in [0.25, 0.3) is 0 Å². The second-order valence-electron chi connectivity index (χ2n) is 5.92. The van der Waals surface area contributed by atoms with Crippen molar-refractivity contribution in [2.24, 2.45) is 0 Å². The molecule has 0 fully saturated rings. The summed E-state index contributed by atoms with van der Waals surface area (Å²) in [6, 6.07) is 11.6. The molecule has 1 amide bonds. The summed E-state index contributed by atoms with van der Waals surface area (Å²) in [6.45, 7) is 4.53. The number of carbonyl (C=O) groups excluding carboxylic acids is 1. The van der Waals surface area contributed by atoms with Gasteiger partial charge in [0.2, 0.25) is 6.79 Å². The standard InChI is InChI=1S/C19H20BrNO4/c1-12-3-5-16(15(20)9-12)25-13(2)19(22)21-8-7-14-4-6-17-18(10-14)24-11-23-17/h3-6,9-10,13H,7-8,11H2,1-2H3,(H,21,22)/t13-/m1/s1. The van der Waals surface area contributed by atoms with Crippen LogP contribution in [-0.2, 0) is 11.2 Å². The fourth-order valence-electron chi connectivity index (χ4n) is 2.52. The summed E-state index contributed by atoms with van der Waals surface area (Å²) in [5.74, 6) is 2.03. The number of nitrogens with one attached hydrogen (secondary N) is 1. The molecule has 25 heavy (non-hydrogen) atoms. The van der Waals surface area contributed by atoms with Crippen molar-refractivity contribution in [3.63, 3.8) is 0 Å². The van der Waals surface area contributed by atoms with Gasteiger partial charge in [-0.3, -0.25) is 4.79 Å². The first kappa shape index (κ1) is 17.6. The van der Waals surface area contributed by atoms with Crippen LogP contribution in [0.4, 0.5) is 0 Å². The number of hydrogen-bond acceptors (Lipinski definition) is 4. The molecule has 0 bridgehead atoms. The summed E-state index contributed by atoms with van der Waals surface area (Å²) < 4.78 is 17.2. The van der Waals surface area contributed by atoms with E-state index in [0.29, 0.717) is 18.7 Å². The summed E-state index contributed by atoms with van der Waals surface area (Å²) in [5, 5.41) is 2.90. The van der Waals surface area contributed by atoms with Crippen molar-refractivity contribution in [1.82, 2.24) is 5.32 Å². The largest absolute Gasteiger partial charge is 0.480 e. The number of carbonyl (C=O) groups is 1. The Morgan fingerprint density at radius 2 is 2.04 bits per heavy atom. The van der Waals surface area contributed by atoms with Crippen LogP contribution in [0.2, 0.25) is 0 Å². The summed E-state index contributed by atoms with van der Waals surface area (Å²) in [6.07, 6.45) is 0.138. The minimum Gasteiger partial charge on any atom is -0.480 e. The Balaban J connectivity index is 1.48. The molecule has 1 heterocycles. The van der Waals surface area contributed by atoms with Crippen LogP contribution in [-0.4, -0.2) is 25.3 Å². The molecule has 132 valence electrons. The van der Waals surface area contributed by atoms with Crippen LogP contribution in [0.1, 0.15) is 18.1 Å². The lowest BCUT2D eigenvalue weighted by Gasteiger charge is -2.16. The number of halogens is 1. The maximum atomic E-state index is 12.2. The molecular formula is C19H20BrNO4. The second-order valence-corrected chi connectivity index (χ2v) is 6.78. The number of benzene rings is 2. The highest BCUT2D eigenvalue weighted by Gasteiger charge is 2.16. The molecule has 0 aromatic heterocycles. The van der Waals surface area contributed by atoms with Crippen molar-refractivity contribution in [2.75, 3.05) is 13.3 Å². The third kappa shape index (κ3) is 4.45. The van der Waals surface area contributed by atoms with Gasteiger partial charge < -0.3 is 19.5 Å². The summed E-state index contributed by atoms with van der Waals surface area (Å²) in [4.78, 5) is 12.2. The molecule has 1 aliphatic rings. The zero-order valence-electron chi connectivity index (χ0n) is 14.2. The number of aryl methyl sites for hydroxylation is 1. The van der Waals surface area contributed by atoms with E-state index in [9.17, 15) is 4.79 Å². The second kappa shape index (κ2) is 7.78. The van der Waals surface area contributed by atoms with Gasteiger partial charge in [-0.2, -0.15) is 0 Å². The fraction of sp³-hybridized carbons (Fsp3) is 0.316. The Kier molecular flexibility index (Phi) is 5.48. The maximum Gasteiger partial charge on any atom is 0.260 e. The van der Waals surface area contributed by atoms with E-state index in [4.69, 9.17) is 14.2 Å². The van der Waals surface area contributed by atoms with Gasteiger partial charge in [-0.05, 0) is 71.6 Å². The van der Waals surface area contributed by atoms with Crippen molar-refractivity contribution in [1.29, 1.82) is 0 Å². The lowest BCUT2D eigenvalue weighted by molar-refractivity contribution is -0.127. The van der Waals surface area contributed by atoms with Crippen molar-refractivity contribution in [2.45, 2.75) is 26.4 Å². The molecule has 0 saturated heterocycles. The minimum atomic E-state index is -0.573. The Hall–Kier alpha value is -2.21. The molecule has 2 aromatic rings. The molecule has 1 aliphatic heterocycles. The number of ether oxygens (including phenoxy) is 3. The van der Waals surface area contributed by atoms with Crippen LogP contribution < -0.4 is 19.5 Å². The van der Waals surface area contributed by atoms with E-state index in [1.165, 1.54) is 0 Å². The predicted molar refractivity (Wildman–Crippen MR) is 98.2 cm³/mol. The summed E-state index contributed by atoms with van der Waals surface area (Å²) in [7, 11) is 0. The molecule has 0 radical (unpaired) electrons. The highest BCUT2D eigenvalue weighted by molar-refractivity contribution is 9.10. The molecule has 0 unspecified atom stereocenters. The first-order valence-electron chi connectivity index (χ1n) is 8.12. The van der Waals surface area contributed by atoms with Gasteiger partial charge in [0.25, 0.3) is 5.91 Å². The topological polar surface area (TPSA) is 56.8 Å². The molecular weight excluding hydrogens is 386 g/mol. The van der Waals surface area contributed by atoms with Crippen LogP contribution in [0.3, 0.4) is 0 Å².